The number of anilines is 2. The van der Waals surface area contributed by atoms with Gasteiger partial charge in [-0.25, -0.2) is 16.8 Å². The van der Waals surface area contributed by atoms with Crippen molar-refractivity contribution in [3.63, 3.8) is 0 Å². The molecule has 0 aliphatic heterocycles. The van der Waals surface area contributed by atoms with Crippen molar-refractivity contribution in [2.24, 2.45) is 0 Å². The fourth-order valence-electron chi connectivity index (χ4n) is 2.40. The van der Waals surface area contributed by atoms with E-state index in [0.717, 1.165) is 40.4 Å². The van der Waals surface area contributed by atoms with Crippen molar-refractivity contribution < 1.29 is 99.1 Å². The van der Waals surface area contributed by atoms with Crippen LogP contribution in [0.3, 0.4) is 0 Å². The van der Waals surface area contributed by atoms with E-state index in [1.54, 1.807) is 6.26 Å². The predicted octanol–water partition coefficient (Wildman–Crippen LogP) is -4.00. The summed E-state index contributed by atoms with van der Waals surface area (Å²) in [7, 11) is -10.2. The summed E-state index contributed by atoms with van der Waals surface area (Å²) in [5.41, 5.74) is 0.392. The van der Waals surface area contributed by atoms with Crippen molar-refractivity contribution in [2.45, 2.75) is 9.79 Å². The van der Waals surface area contributed by atoms with E-state index in [2.05, 4.69) is 4.98 Å². The molecule has 32 heavy (non-hydrogen) atoms. The van der Waals surface area contributed by atoms with E-state index >= 15 is 0 Å². The van der Waals surface area contributed by atoms with Crippen molar-refractivity contribution in [3.05, 3.63) is 36.4 Å². The molecule has 0 unspecified atom stereocenters. The zero-order chi connectivity index (χ0) is 22.1. The summed E-state index contributed by atoms with van der Waals surface area (Å²) in [6.45, 7) is 0. The molecular formula is C15H10N2Na2O9S4. The van der Waals surface area contributed by atoms with Crippen molar-refractivity contribution in [3.8, 4) is 5.19 Å². The molecule has 11 nitrogen and oxygen atoms in total. The van der Waals surface area contributed by atoms with Crippen molar-refractivity contribution in [1.82, 2.24) is 4.98 Å². The molecule has 0 spiro atoms. The van der Waals surface area contributed by atoms with Crippen LogP contribution in [0.1, 0.15) is 0 Å². The maximum atomic E-state index is 11.7. The van der Waals surface area contributed by atoms with Crippen LogP contribution in [0.2, 0.25) is 0 Å². The van der Waals surface area contributed by atoms with E-state index in [9.17, 15) is 30.7 Å². The number of hydrogen-bond acceptors (Lipinski definition) is 12. The number of fused-ring (bicyclic) bond motifs is 1. The summed E-state index contributed by atoms with van der Waals surface area (Å²) < 4.78 is 73.6. The molecule has 0 N–H and O–H groups in total. The minimum atomic E-state index is -5.11. The minimum Gasteiger partial charge on any atom is -0.744 e. The average molecular weight is 536 g/mol. The molecule has 0 bridgehead atoms. The van der Waals surface area contributed by atoms with Gasteiger partial charge in [0, 0.05) is 18.3 Å². The molecule has 0 saturated carbocycles. The fourth-order valence-corrected chi connectivity index (χ4v) is 4.52. The molecular weight excluding hydrogens is 526 g/mol. The number of aromatic nitrogens is 1. The molecule has 3 aromatic rings. The van der Waals surface area contributed by atoms with Crippen LogP contribution in [0.25, 0.3) is 10.2 Å². The van der Waals surface area contributed by atoms with E-state index < -0.39 is 30.0 Å². The van der Waals surface area contributed by atoms with Crippen LogP contribution >= 0.6 is 23.4 Å². The quantitative estimate of drug-likeness (QED) is 0.0688. The summed E-state index contributed by atoms with van der Waals surface area (Å²) >= 11 is 2.05. The van der Waals surface area contributed by atoms with Gasteiger partial charge in [0.2, 0.25) is 6.41 Å². The Morgan fingerprint density at radius 2 is 1.59 bits per heavy atom. The monoisotopic (exact) mass is 536 g/mol. The Balaban J connectivity index is 0.00000256. The van der Waals surface area contributed by atoms with Crippen LogP contribution in [-0.4, -0.2) is 43.6 Å². The topological polar surface area (TPSA) is 166 Å². The number of nitrogens with zero attached hydrogens (tertiary/aromatic N) is 2. The number of hydrogen-bond donors (Lipinski definition) is 0. The first-order valence-corrected chi connectivity index (χ1v) is 12.4. The summed E-state index contributed by atoms with van der Waals surface area (Å²) in [5, 5.41) is 0.188. The minimum absolute atomic E-state index is 0. The molecule has 0 aliphatic carbocycles. The molecule has 2 aromatic carbocycles. The van der Waals surface area contributed by atoms with Crippen molar-refractivity contribution >= 4 is 71.6 Å². The number of benzene rings is 2. The summed E-state index contributed by atoms with van der Waals surface area (Å²) in [5.74, 6) is 0. The van der Waals surface area contributed by atoms with Gasteiger partial charge in [0.05, 0.1) is 31.4 Å². The average Bonchev–Trinajstić information content (AvgIpc) is 3.07. The first kappa shape index (κ1) is 29.8. The SMILES string of the molecule is CSOOc1nc2ccc(N(C=O)c3cc(S(=O)(=O)[O-])cc(S(=O)(=O)[O-])c3)cc2s1.[Na+].[Na+]. The van der Waals surface area contributed by atoms with Crippen LogP contribution in [0.5, 0.6) is 5.19 Å². The number of carbonyl (C=O) groups excluding carboxylic acids is 1. The van der Waals surface area contributed by atoms with Gasteiger partial charge >= 0.3 is 64.3 Å². The van der Waals surface area contributed by atoms with Crippen LogP contribution in [-0.2, 0) is 29.4 Å². The number of rotatable bonds is 8. The standard InChI is InChI=1S/C15H12N2O9S4.2Na/c1-27-26-25-15-16-13-3-2-9(6-14(13)28-15)17(8-18)10-4-11(29(19,20)21)7-12(5-10)30(22,23)24;;/h2-8H,1H3,(H,19,20,21)(H,22,23,24);;/q;2*+1/p-2. The van der Waals surface area contributed by atoms with Crippen molar-refractivity contribution in [2.75, 3.05) is 11.2 Å². The molecule has 17 heteroatoms. The first-order chi connectivity index (χ1) is 14.0. The normalized spacial score (nSPS) is 11.3. The summed E-state index contributed by atoms with van der Waals surface area (Å²) in [6, 6.07) is 6.50. The molecule has 3 rings (SSSR count). The Kier molecular flexibility index (Phi) is 11.1. The van der Waals surface area contributed by atoms with Gasteiger partial charge in [-0.05, 0) is 36.4 Å². The Hall–Kier alpha value is -0.270. The Labute approximate surface area is 235 Å². The van der Waals surface area contributed by atoms with E-state index in [4.69, 9.17) is 9.22 Å². The fraction of sp³-hybridized carbons (Fsp3) is 0.0667. The number of thiazole rings is 1. The molecule has 0 saturated heterocycles. The third kappa shape index (κ3) is 7.11. The smallest absolute Gasteiger partial charge is 0.744 e. The number of carbonyl (C=O) groups is 1. The second-order valence-electron chi connectivity index (χ2n) is 5.50. The molecule has 0 radical (unpaired) electrons. The van der Waals surface area contributed by atoms with Crippen LogP contribution in [0.4, 0.5) is 11.4 Å². The maximum absolute atomic E-state index is 11.7. The maximum Gasteiger partial charge on any atom is 1.00 e. The second-order valence-corrected chi connectivity index (χ2v) is 9.72. The predicted molar refractivity (Wildman–Crippen MR) is 105 cm³/mol. The van der Waals surface area contributed by atoms with Gasteiger partial charge in [0.25, 0.3) is 0 Å². The van der Waals surface area contributed by atoms with Gasteiger partial charge < -0.3 is 9.11 Å². The first-order valence-electron chi connectivity index (χ1n) is 7.62. The van der Waals surface area contributed by atoms with Gasteiger partial charge in [-0.2, -0.15) is 4.98 Å². The van der Waals surface area contributed by atoms with E-state index in [0.29, 0.717) is 16.3 Å². The second kappa shape index (κ2) is 11.9. The summed E-state index contributed by atoms with van der Waals surface area (Å²) in [4.78, 5) is 19.8. The molecule has 1 amide bonds. The van der Waals surface area contributed by atoms with E-state index in [-0.39, 0.29) is 82.1 Å². The third-order valence-corrected chi connectivity index (χ3v) is 6.34. The zero-order valence-corrected chi connectivity index (χ0v) is 24.0. The zero-order valence-electron chi connectivity index (χ0n) is 16.7. The van der Waals surface area contributed by atoms with Gasteiger partial charge in [-0.3, -0.25) is 14.6 Å². The van der Waals surface area contributed by atoms with Gasteiger partial charge in [0.15, 0.2) is 0 Å². The molecule has 1 heterocycles. The van der Waals surface area contributed by atoms with Gasteiger partial charge in [-0.1, -0.05) is 11.3 Å². The third-order valence-electron chi connectivity index (χ3n) is 3.63. The van der Waals surface area contributed by atoms with Gasteiger partial charge in [0.1, 0.15) is 20.2 Å². The molecule has 160 valence electrons. The molecule has 0 aliphatic rings. The molecule has 0 atom stereocenters. The number of amides is 1. The van der Waals surface area contributed by atoms with Crippen LogP contribution < -0.4 is 68.9 Å². The van der Waals surface area contributed by atoms with E-state index in [1.807, 2.05) is 0 Å². The molecule has 0 fully saturated rings. The van der Waals surface area contributed by atoms with Gasteiger partial charge in [-0.15, -0.1) is 4.33 Å². The Morgan fingerprint density at radius 1 is 1.00 bits per heavy atom. The van der Waals surface area contributed by atoms with Crippen LogP contribution in [0.15, 0.2) is 46.2 Å². The molecule has 1 aromatic heterocycles. The summed E-state index contributed by atoms with van der Waals surface area (Å²) in [6.07, 6.45) is 1.91. The van der Waals surface area contributed by atoms with Crippen LogP contribution in [0, 0.1) is 0 Å². The Morgan fingerprint density at radius 3 is 2.09 bits per heavy atom. The van der Waals surface area contributed by atoms with Crippen molar-refractivity contribution in [1.29, 1.82) is 0 Å². The Bertz CT molecular complexity index is 1280. The van der Waals surface area contributed by atoms with E-state index in [1.165, 1.54) is 18.2 Å². The largest absolute Gasteiger partial charge is 1.00 e.